The number of benzene rings is 2. The molecule has 0 aliphatic rings. The van der Waals surface area contributed by atoms with Crippen molar-refractivity contribution in [2.45, 2.75) is 39.7 Å². The van der Waals surface area contributed by atoms with Crippen LogP contribution >= 0.6 is 0 Å². The summed E-state index contributed by atoms with van der Waals surface area (Å²) in [5, 5.41) is 6.97. The van der Waals surface area contributed by atoms with E-state index in [1.54, 1.807) is 31.6 Å². The highest BCUT2D eigenvalue weighted by Crippen LogP contribution is 2.34. The van der Waals surface area contributed by atoms with E-state index < -0.39 is 0 Å². The largest absolute Gasteiger partial charge is 0.496 e. The number of aromatic nitrogens is 3. The van der Waals surface area contributed by atoms with Crippen molar-refractivity contribution in [1.29, 1.82) is 0 Å². The van der Waals surface area contributed by atoms with E-state index in [0.29, 0.717) is 28.2 Å². The van der Waals surface area contributed by atoms with Crippen LogP contribution in [0.1, 0.15) is 43.1 Å². The van der Waals surface area contributed by atoms with Crippen LogP contribution in [0.4, 0.5) is 11.8 Å². The molecule has 0 aliphatic carbocycles. The lowest BCUT2D eigenvalue weighted by molar-refractivity contribution is 0.102. The van der Waals surface area contributed by atoms with E-state index >= 15 is 0 Å². The van der Waals surface area contributed by atoms with Crippen molar-refractivity contribution in [2.75, 3.05) is 17.7 Å². The molecule has 2 heterocycles. The fraction of sp³-hybridized carbons (Fsp3) is 0.259. The third kappa shape index (κ3) is 4.83. The zero-order chi connectivity index (χ0) is 24.3. The summed E-state index contributed by atoms with van der Waals surface area (Å²) in [6.07, 6.45) is 4.35. The van der Waals surface area contributed by atoms with Crippen molar-refractivity contribution in [3.05, 3.63) is 72.1 Å². The number of methoxy groups -OCH3 is 1. The van der Waals surface area contributed by atoms with Gasteiger partial charge in [-0.15, -0.1) is 0 Å². The fourth-order valence-corrected chi connectivity index (χ4v) is 3.54. The summed E-state index contributed by atoms with van der Waals surface area (Å²) in [6, 6.07) is 15.0. The quantitative estimate of drug-likeness (QED) is 0.363. The molecule has 4 rings (SSSR count). The molecule has 34 heavy (non-hydrogen) atoms. The van der Waals surface area contributed by atoms with E-state index in [1.807, 2.05) is 43.3 Å². The summed E-state index contributed by atoms with van der Waals surface area (Å²) in [4.78, 5) is 26.8. The predicted octanol–water partition coefficient (Wildman–Crippen LogP) is 5.86. The van der Waals surface area contributed by atoms with Crippen molar-refractivity contribution in [1.82, 2.24) is 15.0 Å². The molecule has 4 aromatic rings. The van der Waals surface area contributed by atoms with Gasteiger partial charge in [-0.25, -0.2) is 15.0 Å². The molecule has 0 atom stereocenters. The normalized spacial score (nSPS) is 11.3. The van der Waals surface area contributed by atoms with E-state index in [-0.39, 0.29) is 11.4 Å². The van der Waals surface area contributed by atoms with Crippen LogP contribution in [-0.4, -0.2) is 33.5 Å². The van der Waals surface area contributed by atoms with Gasteiger partial charge in [-0.3, -0.25) is 4.79 Å². The first kappa shape index (κ1) is 23.2. The highest BCUT2D eigenvalue weighted by Gasteiger charge is 2.19. The van der Waals surface area contributed by atoms with Gasteiger partial charge in [0.15, 0.2) is 0 Å². The van der Waals surface area contributed by atoms with Gasteiger partial charge in [-0.1, -0.05) is 37.3 Å². The summed E-state index contributed by atoms with van der Waals surface area (Å²) in [5.74, 6) is 1.47. The van der Waals surface area contributed by atoms with Gasteiger partial charge >= 0.3 is 0 Å². The number of carbonyl (C=O) groups is 1. The molecule has 2 aromatic heterocycles. The van der Waals surface area contributed by atoms with Crippen molar-refractivity contribution in [3.63, 3.8) is 0 Å². The minimum absolute atomic E-state index is 0.168. The lowest BCUT2D eigenvalue weighted by atomic mass is 10.0. The number of amides is 1. The number of rotatable bonds is 7. The van der Waals surface area contributed by atoms with Gasteiger partial charge in [0, 0.05) is 29.1 Å². The molecular formula is C27H29N5O2. The van der Waals surface area contributed by atoms with Crippen LogP contribution in [0, 0.1) is 6.92 Å². The topological polar surface area (TPSA) is 89.0 Å². The number of ether oxygens (including phenoxy) is 1. The highest BCUT2D eigenvalue weighted by atomic mass is 16.5. The maximum atomic E-state index is 12.8. The van der Waals surface area contributed by atoms with Crippen LogP contribution in [0.3, 0.4) is 0 Å². The average Bonchev–Trinajstić information content (AvgIpc) is 2.85. The zero-order valence-corrected chi connectivity index (χ0v) is 20.1. The molecule has 1 amide bonds. The van der Waals surface area contributed by atoms with E-state index in [4.69, 9.17) is 9.72 Å². The molecule has 0 fully saturated rings. The number of nitrogens with zero attached hydrogens (tertiary/aromatic N) is 3. The molecule has 7 nitrogen and oxygen atoms in total. The Morgan fingerprint density at radius 2 is 1.82 bits per heavy atom. The Labute approximate surface area is 199 Å². The van der Waals surface area contributed by atoms with Crippen LogP contribution in [-0.2, 0) is 0 Å². The van der Waals surface area contributed by atoms with Gasteiger partial charge in [0.25, 0.3) is 5.91 Å². The number of fused-ring (bicyclic) bond motifs is 1. The first-order valence-corrected chi connectivity index (χ1v) is 11.3. The number of pyridine rings is 1. The molecular weight excluding hydrogens is 426 g/mol. The lowest BCUT2D eigenvalue weighted by Gasteiger charge is -2.24. The minimum atomic E-state index is -0.242. The maximum absolute atomic E-state index is 12.8. The molecule has 0 unspecified atom stereocenters. The first-order chi connectivity index (χ1) is 16.3. The molecule has 2 aromatic carbocycles. The van der Waals surface area contributed by atoms with Gasteiger partial charge < -0.3 is 15.4 Å². The summed E-state index contributed by atoms with van der Waals surface area (Å²) in [7, 11) is 1.65. The molecule has 0 saturated carbocycles. The van der Waals surface area contributed by atoms with E-state index in [0.717, 1.165) is 28.9 Å². The van der Waals surface area contributed by atoms with Crippen LogP contribution in [0.25, 0.3) is 22.0 Å². The molecule has 0 saturated heterocycles. The van der Waals surface area contributed by atoms with Gasteiger partial charge in [0.05, 0.1) is 18.0 Å². The zero-order valence-electron chi connectivity index (χ0n) is 20.1. The third-order valence-corrected chi connectivity index (χ3v) is 5.94. The first-order valence-electron chi connectivity index (χ1n) is 11.3. The highest BCUT2D eigenvalue weighted by molar-refractivity contribution is 6.09. The molecule has 0 aliphatic heterocycles. The van der Waals surface area contributed by atoms with Crippen molar-refractivity contribution in [3.8, 4) is 16.9 Å². The number of anilines is 2. The molecule has 174 valence electrons. The van der Waals surface area contributed by atoms with Crippen molar-refractivity contribution in [2.24, 2.45) is 0 Å². The Kier molecular flexibility index (Phi) is 6.45. The molecule has 2 N–H and O–H groups in total. The number of aryl methyl sites for hydroxylation is 1. The molecule has 0 bridgehead atoms. The van der Waals surface area contributed by atoms with Gasteiger partial charge in [0.1, 0.15) is 11.6 Å². The number of nitrogens with one attached hydrogen (secondary N) is 2. The van der Waals surface area contributed by atoms with Gasteiger partial charge in [-0.2, -0.15) is 0 Å². The van der Waals surface area contributed by atoms with Crippen LogP contribution in [0.15, 0.2) is 60.9 Å². The van der Waals surface area contributed by atoms with E-state index in [9.17, 15) is 4.79 Å². The second-order valence-corrected chi connectivity index (χ2v) is 8.84. The standard InChI is InChI=1S/C27H29N5O2/c1-6-27(3,4)32-26-29-16-21-23(30-26)20(19-13-12-17(2)22(14-19)34-5)15-28-24(21)31-25(33)18-10-8-7-9-11-18/h7-16H,6H2,1-5H3,(H,28,31,33)(H,29,30,32). The molecule has 0 radical (unpaired) electrons. The second-order valence-electron chi connectivity index (χ2n) is 8.84. The lowest BCUT2D eigenvalue weighted by Crippen LogP contribution is -2.30. The summed E-state index contributed by atoms with van der Waals surface area (Å²) >= 11 is 0. The van der Waals surface area contributed by atoms with Crippen LogP contribution in [0.5, 0.6) is 5.75 Å². The fourth-order valence-electron chi connectivity index (χ4n) is 3.54. The molecule has 7 heteroatoms. The van der Waals surface area contributed by atoms with Gasteiger partial charge in [-0.05, 0) is 56.5 Å². The van der Waals surface area contributed by atoms with E-state index in [1.165, 1.54) is 0 Å². The monoisotopic (exact) mass is 455 g/mol. The van der Waals surface area contributed by atoms with E-state index in [2.05, 4.69) is 41.4 Å². The van der Waals surface area contributed by atoms with Crippen LogP contribution < -0.4 is 15.4 Å². The number of hydrogen-bond donors (Lipinski definition) is 2. The van der Waals surface area contributed by atoms with Crippen LogP contribution in [0.2, 0.25) is 0 Å². The SMILES string of the molecule is CCC(C)(C)Nc1ncc2c(NC(=O)c3ccccc3)ncc(-c3ccc(C)c(OC)c3)c2n1. The Hall–Kier alpha value is -4.00. The summed E-state index contributed by atoms with van der Waals surface area (Å²) in [6.45, 7) is 8.31. The minimum Gasteiger partial charge on any atom is -0.496 e. The number of hydrogen-bond acceptors (Lipinski definition) is 6. The average molecular weight is 456 g/mol. The van der Waals surface area contributed by atoms with Gasteiger partial charge in [0.2, 0.25) is 5.95 Å². The van der Waals surface area contributed by atoms with Crippen molar-refractivity contribution < 1.29 is 9.53 Å². The number of carbonyl (C=O) groups excluding carboxylic acids is 1. The molecule has 0 spiro atoms. The Morgan fingerprint density at radius 1 is 1.06 bits per heavy atom. The summed E-state index contributed by atoms with van der Waals surface area (Å²) in [5.41, 5.74) is 3.85. The predicted molar refractivity (Wildman–Crippen MR) is 136 cm³/mol. The Balaban J connectivity index is 1.84. The Bertz CT molecular complexity index is 1340. The Morgan fingerprint density at radius 3 is 2.53 bits per heavy atom. The maximum Gasteiger partial charge on any atom is 0.256 e. The van der Waals surface area contributed by atoms with Crippen molar-refractivity contribution >= 4 is 28.6 Å². The second kappa shape index (κ2) is 9.47. The third-order valence-electron chi connectivity index (χ3n) is 5.94. The summed E-state index contributed by atoms with van der Waals surface area (Å²) < 4.78 is 5.53. The smallest absolute Gasteiger partial charge is 0.256 e.